The fourth-order valence-electron chi connectivity index (χ4n) is 4.28. The van der Waals surface area contributed by atoms with Crippen LogP contribution in [0.5, 0.6) is 0 Å². The van der Waals surface area contributed by atoms with E-state index in [-0.39, 0.29) is 36.0 Å². The third-order valence-electron chi connectivity index (χ3n) is 5.61. The predicted octanol–water partition coefficient (Wildman–Crippen LogP) is 3.43. The standard InChI is InChI=1S/C23H29N3O2/c1-5-21(27)26-14-15-12-20-18(17-9-8-10-19(26)22(15)17)11-16(13-24(20)4)23(28)25(6-2)7-3/h8-11,14,16,20H,5-7,12-13H2,1-4H3/t16-,20-/m1/s1/i2D3,3D3,6D2,7D2,14D. The molecule has 2 aromatic rings. The van der Waals surface area contributed by atoms with E-state index in [1.807, 2.05) is 0 Å². The molecule has 0 spiro atoms. The summed E-state index contributed by atoms with van der Waals surface area (Å²) in [6, 6.07) is 4.87. The highest BCUT2D eigenvalue weighted by molar-refractivity contribution is 6.03. The lowest BCUT2D eigenvalue weighted by molar-refractivity contribution is -0.134. The molecule has 0 radical (unpaired) electrons. The van der Waals surface area contributed by atoms with Gasteiger partial charge in [0.05, 0.1) is 12.8 Å². The van der Waals surface area contributed by atoms with E-state index >= 15 is 0 Å². The molecule has 0 fully saturated rings. The van der Waals surface area contributed by atoms with Crippen LogP contribution in [0, 0.1) is 5.92 Å². The van der Waals surface area contributed by atoms with Gasteiger partial charge in [-0.25, -0.2) is 0 Å². The third-order valence-corrected chi connectivity index (χ3v) is 5.61. The summed E-state index contributed by atoms with van der Waals surface area (Å²) < 4.78 is 88.3. The predicted molar refractivity (Wildman–Crippen MR) is 112 cm³/mol. The second-order valence-corrected chi connectivity index (χ2v) is 7.16. The van der Waals surface area contributed by atoms with E-state index in [1.54, 1.807) is 37.1 Å². The summed E-state index contributed by atoms with van der Waals surface area (Å²) in [6.45, 7) is -12.7. The first kappa shape index (κ1) is 9.88. The quantitative estimate of drug-likeness (QED) is 0.803. The van der Waals surface area contributed by atoms with E-state index in [0.717, 1.165) is 0 Å². The van der Waals surface area contributed by atoms with Gasteiger partial charge in [-0.15, -0.1) is 0 Å². The number of likely N-dealkylation sites (N-methyl/N-ethyl adjacent to an activating group) is 1. The number of hydrogen-bond donors (Lipinski definition) is 0. The smallest absolute Gasteiger partial charge is 0.230 e. The lowest BCUT2D eigenvalue weighted by Crippen LogP contribution is -2.47. The lowest BCUT2D eigenvalue weighted by atomic mass is 9.79. The average molecular weight is 391 g/mol. The van der Waals surface area contributed by atoms with Crippen molar-refractivity contribution < 1.29 is 24.7 Å². The van der Waals surface area contributed by atoms with Crippen LogP contribution in [0.3, 0.4) is 0 Å². The fourth-order valence-corrected chi connectivity index (χ4v) is 4.28. The van der Waals surface area contributed by atoms with Crippen molar-refractivity contribution in [1.29, 1.82) is 0 Å². The van der Waals surface area contributed by atoms with Crippen molar-refractivity contribution in [3.05, 3.63) is 41.6 Å². The lowest BCUT2D eigenvalue weighted by Gasteiger charge is -2.40. The molecule has 2 atom stereocenters. The summed E-state index contributed by atoms with van der Waals surface area (Å²) in [4.78, 5) is 27.9. The first-order valence-corrected chi connectivity index (χ1v) is 9.20. The number of benzene rings is 1. The van der Waals surface area contributed by atoms with Crippen molar-refractivity contribution in [3.63, 3.8) is 0 Å². The first-order valence-electron chi connectivity index (χ1n) is 14.7. The number of rotatable bonds is 4. The van der Waals surface area contributed by atoms with Gasteiger partial charge in [0.25, 0.3) is 0 Å². The SMILES string of the molecule is [2H]c1c2c3c(cccc3n1C(=O)CC)C1=C[C@@H](C(=O)N(C([2H])([2H])C([2H])([2H])[2H])C([2H])([2H])C([2H])([2H])[2H])CN(C)[C@@H]1C2. The van der Waals surface area contributed by atoms with Crippen LogP contribution in [0.4, 0.5) is 0 Å². The Morgan fingerprint density at radius 1 is 1.36 bits per heavy atom. The Kier molecular flexibility index (Phi) is 2.54. The van der Waals surface area contributed by atoms with Crippen molar-refractivity contribution in [2.45, 2.75) is 39.5 Å². The Balaban J connectivity index is 1.89. The maximum Gasteiger partial charge on any atom is 0.230 e. The molecular formula is C23H29N3O2. The zero-order valence-corrected chi connectivity index (χ0v) is 15.7. The van der Waals surface area contributed by atoms with Crippen molar-refractivity contribution in [2.75, 3.05) is 26.6 Å². The summed E-state index contributed by atoms with van der Waals surface area (Å²) in [5.74, 6) is -2.83. The maximum atomic E-state index is 13.8. The van der Waals surface area contributed by atoms with Crippen LogP contribution in [0.1, 0.15) is 58.0 Å². The van der Waals surface area contributed by atoms with E-state index in [4.69, 9.17) is 15.1 Å². The molecule has 0 saturated heterocycles. The van der Waals surface area contributed by atoms with E-state index < -0.39 is 38.5 Å². The van der Waals surface area contributed by atoms with Crippen molar-refractivity contribution in [3.8, 4) is 0 Å². The molecular weight excluding hydrogens is 350 g/mol. The van der Waals surface area contributed by atoms with Crippen LogP contribution >= 0.6 is 0 Å². The van der Waals surface area contributed by atoms with E-state index in [2.05, 4.69) is 0 Å². The van der Waals surface area contributed by atoms with Crippen LogP contribution < -0.4 is 0 Å². The van der Waals surface area contributed by atoms with Gasteiger partial charge in [0, 0.05) is 57.3 Å². The number of amides is 1. The van der Waals surface area contributed by atoms with E-state index in [0.29, 0.717) is 34.0 Å². The second kappa shape index (κ2) is 7.21. The molecule has 1 aliphatic carbocycles. The minimum absolute atomic E-state index is 0.0785. The molecule has 148 valence electrons. The van der Waals surface area contributed by atoms with Gasteiger partial charge in [0.15, 0.2) is 0 Å². The molecule has 1 aromatic carbocycles. The van der Waals surface area contributed by atoms with Crippen LogP contribution in [0.2, 0.25) is 0 Å². The number of carbonyl (C=O) groups excluding carboxylic acids is 2. The van der Waals surface area contributed by atoms with Gasteiger partial charge < -0.3 is 4.90 Å². The minimum atomic E-state index is -3.63. The molecule has 0 saturated carbocycles. The van der Waals surface area contributed by atoms with E-state index in [1.165, 1.54) is 10.6 Å². The molecule has 5 nitrogen and oxygen atoms in total. The Morgan fingerprint density at radius 2 is 2.14 bits per heavy atom. The molecule has 5 heteroatoms. The topological polar surface area (TPSA) is 45.6 Å². The maximum absolute atomic E-state index is 13.8. The number of nitrogens with zero attached hydrogens (tertiary/aromatic N) is 3. The summed E-state index contributed by atoms with van der Waals surface area (Å²) in [5.41, 5.74) is 2.46. The number of carbonyl (C=O) groups is 2. The molecule has 4 rings (SSSR count). The Morgan fingerprint density at radius 3 is 2.86 bits per heavy atom. The van der Waals surface area contributed by atoms with E-state index in [9.17, 15) is 9.59 Å². The van der Waals surface area contributed by atoms with Gasteiger partial charge in [-0.3, -0.25) is 19.1 Å². The largest absolute Gasteiger partial charge is 0.343 e. The van der Waals surface area contributed by atoms with Gasteiger partial charge in [-0.1, -0.05) is 25.1 Å². The molecule has 1 aliphatic heterocycles. The zero-order valence-electron chi connectivity index (χ0n) is 26.7. The van der Waals surface area contributed by atoms with Gasteiger partial charge in [0.1, 0.15) is 0 Å². The van der Waals surface area contributed by atoms with Crippen LogP contribution in [0.25, 0.3) is 16.5 Å². The molecule has 0 bridgehead atoms. The van der Waals surface area contributed by atoms with Gasteiger partial charge in [0.2, 0.25) is 11.8 Å². The van der Waals surface area contributed by atoms with Crippen LogP contribution in [0.15, 0.2) is 30.4 Å². The van der Waals surface area contributed by atoms with Crippen molar-refractivity contribution >= 4 is 28.3 Å². The molecule has 2 aliphatic rings. The monoisotopic (exact) mass is 390 g/mol. The number of aromatic nitrogens is 1. The third kappa shape index (κ3) is 2.80. The summed E-state index contributed by atoms with van der Waals surface area (Å²) in [7, 11) is 1.68. The molecule has 1 aromatic heterocycles. The Hall–Kier alpha value is -2.40. The molecule has 28 heavy (non-hydrogen) atoms. The highest BCUT2D eigenvalue weighted by Crippen LogP contribution is 2.41. The van der Waals surface area contributed by atoms with Gasteiger partial charge in [-0.05, 0) is 49.9 Å². The minimum Gasteiger partial charge on any atom is -0.343 e. The normalized spacial score (nSPS) is 29.1. The zero-order chi connectivity index (χ0) is 29.5. The number of fused-ring (bicyclic) bond motifs is 2. The Bertz CT molecular complexity index is 1350. The summed E-state index contributed by atoms with van der Waals surface area (Å²) in [5, 5.41) is 0.667. The molecule has 1 amide bonds. The number of hydrogen-bond acceptors (Lipinski definition) is 3. The van der Waals surface area contributed by atoms with Crippen molar-refractivity contribution in [1.82, 2.24) is 14.4 Å². The fraction of sp³-hybridized carbons (Fsp3) is 0.478. The van der Waals surface area contributed by atoms with Crippen LogP contribution in [-0.4, -0.2) is 58.8 Å². The highest BCUT2D eigenvalue weighted by atomic mass is 16.2. The van der Waals surface area contributed by atoms with Crippen LogP contribution in [-0.2, 0) is 11.2 Å². The van der Waals surface area contributed by atoms with Crippen molar-refractivity contribution in [2.24, 2.45) is 5.92 Å². The molecule has 0 unspecified atom stereocenters. The molecule has 0 N–H and O–H groups in total. The van der Waals surface area contributed by atoms with Gasteiger partial charge in [-0.2, -0.15) is 0 Å². The summed E-state index contributed by atoms with van der Waals surface area (Å²) >= 11 is 0. The average Bonchev–Trinajstić information content (AvgIpc) is 3.09. The summed E-state index contributed by atoms with van der Waals surface area (Å²) in [6.07, 6.45) is 2.12. The molecule has 2 heterocycles. The van der Waals surface area contributed by atoms with Gasteiger partial charge >= 0.3 is 0 Å². The first-order chi connectivity index (χ1) is 17.8. The second-order valence-electron chi connectivity index (χ2n) is 7.16. The Labute approximate surface area is 182 Å². The highest BCUT2D eigenvalue weighted by Gasteiger charge is 2.37.